The molecule has 2 aliphatic carbocycles. The van der Waals surface area contributed by atoms with Gasteiger partial charge in [0.25, 0.3) is 0 Å². The van der Waals surface area contributed by atoms with Gasteiger partial charge in [-0.05, 0) is 55.1 Å². The molecule has 3 atom stereocenters. The van der Waals surface area contributed by atoms with Crippen molar-refractivity contribution in [2.24, 2.45) is 17.8 Å². The van der Waals surface area contributed by atoms with Gasteiger partial charge in [-0.25, -0.2) is 0 Å². The summed E-state index contributed by atoms with van der Waals surface area (Å²) in [5.41, 5.74) is 8.02. The molecule has 3 unspecified atom stereocenters. The van der Waals surface area contributed by atoms with Crippen LogP contribution in [0.25, 0.3) is 0 Å². The highest BCUT2D eigenvalue weighted by molar-refractivity contribution is 5.46. The summed E-state index contributed by atoms with van der Waals surface area (Å²) < 4.78 is 5.87. The number of anilines is 1. The van der Waals surface area contributed by atoms with Crippen LogP contribution in [0.3, 0.4) is 0 Å². The summed E-state index contributed by atoms with van der Waals surface area (Å²) in [7, 11) is 0. The van der Waals surface area contributed by atoms with E-state index in [0.29, 0.717) is 0 Å². The topological polar surface area (TPSA) is 35.2 Å². The summed E-state index contributed by atoms with van der Waals surface area (Å²) >= 11 is 0. The van der Waals surface area contributed by atoms with Gasteiger partial charge in [0.2, 0.25) is 0 Å². The van der Waals surface area contributed by atoms with Crippen molar-refractivity contribution < 1.29 is 4.74 Å². The van der Waals surface area contributed by atoms with Crippen molar-refractivity contribution in [2.45, 2.75) is 32.1 Å². The normalized spacial score (nSPS) is 29.9. The molecule has 2 nitrogen and oxygen atoms in total. The first-order chi connectivity index (χ1) is 8.83. The summed E-state index contributed by atoms with van der Waals surface area (Å²) in [6.07, 6.45) is 6.75. The van der Waals surface area contributed by atoms with Crippen LogP contribution < -0.4 is 5.73 Å². The van der Waals surface area contributed by atoms with Crippen LogP contribution in [0.2, 0.25) is 0 Å². The molecule has 0 radical (unpaired) electrons. The van der Waals surface area contributed by atoms with E-state index in [4.69, 9.17) is 10.5 Å². The predicted molar refractivity (Wildman–Crippen MR) is 74.3 cm³/mol. The minimum atomic E-state index is 0.808. The van der Waals surface area contributed by atoms with Gasteiger partial charge >= 0.3 is 0 Å². The zero-order valence-corrected chi connectivity index (χ0v) is 11.0. The average Bonchev–Trinajstić information content (AvgIpc) is 2.99. The summed E-state index contributed by atoms with van der Waals surface area (Å²) in [5, 5.41) is 0. The Morgan fingerprint density at radius 3 is 2.78 bits per heavy atom. The second-order valence-electron chi connectivity index (χ2n) is 5.96. The minimum absolute atomic E-state index is 0.808. The number of benzene rings is 1. The van der Waals surface area contributed by atoms with Gasteiger partial charge in [0.05, 0.1) is 6.61 Å². The third-order valence-electron chi connectivity index (χ3n) is 4.79. The molecule has 1 aromatic rings. The zero-order chi connectivity index (χ0) is 12.4. The maximum absolute atomic E-state index is 5.92. The Morgan fingerprint density at radius 1 is 1.17 bits per heavy atom. The van der Waals surface area contributed by atoms with Crippen molar-refractivity contribution in [3.05, 3.63) is 29.8 Å². The Hall–Kier alpha value is -1.02. The van der Waals surface area contributed by atoms with Gasteiger partial charge in [0.15, 0.2) is 0 Å². The number of nitrogen functional groups attached to an aromatic ring is 1. The van der Waals surface area contributed by atoms with Gasteiger partial charge in [-0.2, -0.15) is 0 Å². The second-order valence-corrected chi connectivity index (χ2v) is 5.96. The molecule has 2 saturated carbocycles. The van der Waals surface area contributed by atoms with Crippen LogP contribution in [0.15, 0.2) is 24.3 Å². The van der Waals surface area contributed by atoms with Crippen LogP contribution >= 0.6 is 0 Å². The molecule has 0 amide bonds. The smallest absolute Gasteiger partial charge is 0.0507 e. The predicted octanol–water partition coefficient (Wildman–Crippen LogP) is 3.26. The lowest BCUT2D eigenvalue weighted by atomic mass is 9.90. The number of ether oxygens (including phenoxy) is 1. The van der Waals surface area contributed by atoms with E-state index in [9.17, 15) is 0 Å². The monoisotopic (exact) mass is 245 g/mol. The van der Waals surface area contributed by atoms with Gasteiger partial charge in [-0.3, -0.25) is 0 Å². The molecule has 0 aromatic heterocycles. The fourth-order valence-electron chi connectivity index (χ4n) is 3.76. The second kappa shape index (κ2) is 5.31. The SMILES string of the molecule is Nc1ccccc1CCOCC1CC2CCC1C2. The third kappa shape index (κ3) is 2.54. The van der Waals surface area contributed by atoms with Crippen molar-refractivity contribution in [1.82, 2.24) is 0 Å². The Morgan fingerprint density at radius 2 is 2.06 bits per heavy atom. The van der Waals surface area contributed by atoms with Crippen LogP contribution in [-0.2, 0) is 11.2 Å². The highest BCUT2D eigenvalue weighted by Gasteiger charge is 2.39. The fourth-order valence-corrected chi connectivity index (χ4v) is 3.76. The van der Waals surface area contributed by atoms with Crippen molar-refractivity contribution in [3.63, 3.8) is 0 Å². The fraction of sp³-hybridized carbons (Fsp3) is 0.625. The van der Waals surface area contributed by atoms with Crippen molar-refractivity contribution in [2.75, 3.05) is 18.9 Å². The average molecular weight is 245 g/mol. The van der Waals surface area contributed by atoms with E-state index in [1.54, 1.807) is 0 Å². The maximum atomic E-state index is 5.92. The van der Waals surface area contributed by atoms with Crippen molar-refractivity contribution in [3.8, 4) is 0 Å². The van der Waals surface area contributed by atoms with Gasteiger partial charge in [0, 0.05) is 12.3 Å². The number of rotatable bonds is 5. The number of hydrogen-bond donors (Lipinski definition) is 1. The molecule has 2 fully saturated rings. The maximum Gasteiger partial charge on any atom is 0.0507 e. The lowest BCUT2D eigenvalue weighted by Crippen LogP contribution is -2.17. The van der Waals surface area contributed by atoms with Crippen molar-refractivity contribution >= 4 is 5.69 Å². The first-order valence-electron chi connectivity index (χ1n) is 7.24. The highest BCUT2D eigenvalue weighted by atomic mass is 16.5. The van der Waals surface area contributed by atoms with Gasteiger partial charge < -0.3 is 10.5 Å². The third-order valence-corrected chi connectivity index (χ3v) is 4.79. The highest BCUT2D eigenvalue weighted by Crippen LogP contribution is 2.48. The molecule has 0 heterocycles. The van der Waals surface area contributed by atoms with E-state index in [2.05, 4.69) is 6.07 Å². The van der Waals surface area contributed by atoms with Gasteiger partial charge in [-0.1, -0.05) is 24.6 Å². The minimum Gasteiger partial charge on any atom is -0.399 e. The molecule has 2 heteroatoms. The molecular weight excluding hydrogens is 222 g/mol. The quantitative estimate of drug-likeness (QED) is 0.638. The molecule has 3 rings (SSSR count). The Labute approximate surface area is 110 Å². The van der Waals surface area contributed by atoms with E-state index in [0.717, 1.165) is 43.1 Å². The zero-order valence-electron chi connectivity index (χ0n) is 11.0. The van der Waals surface area contributed by atoms with E-state index < -0.39 is 0 Å². The summed E-state index contributed by atoms with van der Waals surface area (Å²) in [5.74, 6) is 2.84. The summed E-state index contributed by atoms with van der Waals surface area (Å²) in [6, 6.07) is 8.08. The number of hydrogen-bond acceptors (Lipinski definition) is 2. The number of para-hydroxylation sites is 1. The van der Waals surface area contributed by atoms with Gasteiger partial charge in [-0.15, -0.1) is 0 Å². The molecule has 2 N–H and O–H groups in total. The summed E-state index contributed by atoms with van der Waals surface area (Å²) in [6.45, 7) is 1.77. The first-order valence-corrected chi connectivity index (χ1v) is 7.24. The molecule has 18 heavy (non-hydrogen) atoms. The Bertz CT molecular complexity index is 404. The molecule has 1 aromatic carbocycles. The first kappa shape index (κ1) is 12.0. The lowest BCUT2D eigenvalue weighted by molar-refractivity contribution is 0.0807. The van der Waals surface area contributed by atoms with Crippen LogP contribution in [0.4, 0.5) is 5.69 Å². The van der Waals surface area contributed by atoms with Crippen LogP contribution in [0.1, 0.15) is 31.2 Å². The van der Waals surface area contributed by atoms with Gasteiger partial charge in [0.1, 0.15) is 0 Å². The van der Waals surface area contributed by atoms with Crippen LogP contribution in [-0.4, -0.2) is 13.2 Å². The molecule has 0 spiro atoms. The van der Waals surface area contributed by atoms with Crippen molar-refractivity contribution in [1.29, 1.82) is 0 Å². The molecule has 2 bridgehead atoms. The van der Waals surface area contributed by atoms with Crippen LogP contribution in [0, 0.1) is 17.8 Å². The molecule has 0 saturated heterocycles. The number of nitrogens with two attached hydrogens (primary N) is 1. The largest absolute Gasteiger partial charge is 0.399 e. The molecule has 0 aliphatic heterocycles. The molecular formula is C16H23NO. The van der Waals surface area contributed by atoms with E-state index in [-0.39, 0.29) is 0 Å². The summed E-state index contributed by atoms with van der Waals surface area (Å²) in [4.78, 5) is 0. The van der Waals surface area contributed by atoms with E-state index >= 15 is 0 Å². The standard InChI is InChI=1S/C16H23NO/c17-16-4-2-1-3-13(16)7-8-18-11-15-10-12-5-6-14(15)9-12/h1-4,12,14-15H,5-11,17H2. The van der Waals surface area contributed by atoms with Crippen LogP contribution in [0.5, 0.6) is 0 Å². The molecule has 2 aliphatic rings. The Balaban J connectivity index is 1.39. The number of fused-ring (bicyclic) bond motifs is 2. The van der Waals surface area contributed by atoms with E-state index in [1.807, 2.05) is 18.2 Å². The van der Waals surface area contributed by atoms with E-state index in [1.165, 1.54) is 31.2 Å². The lowest BCUT2D eigenvalue weighted by Gasteiger charge is -2.21. The Kier molecular flexibility index (Phi) is 3.55. The molecule has 98 valence electrons.